The Morgan fingerprint density at radius 1 is 1.09 bits per heavy atom. The fourth-order valence-electron chi connectivity index (χ4n) is 3.39. The number of methoxy groups -OCH3 is 1. The van der Waals surface area contributed by atoms with E-state index in [9.17, 15) is 14.4 Å². The van der Waals surface area contributed by atoms with Crippen molar-refractivity contribution in [3.05, 3.63) is 80.4 Å². The predicted molar refractivity (Wildman–Crippen MR) is 122 cm³/mol. The zero-order chi connectivity index (χ0) is 22.7. The molecule has 0 fully saturated rings. The summed E-state index contributed by atoms with van der Waals surface area (Å²) in [6.45, 7) is 1.61. The average Bonchev–Trinajstić information content (AvgIpc) is 3.30. The molecule has 4 rings (SSSR count). The highest BCUT2D eigenvalue weighted by molar-refractivity contribution is 7.13. The summed E-state index contributed by atoms with van der Waals surface area (Å²) < 4.78 is 13.0. The van der Waals surface area contributed by atoms with Gasteiger partial charge in [-0.1, -0.05) is 24.3 Å². The van der Waals surface area contributed by atoms with Crippen molar-refractivity contribution in [1.29, 1.82) is 0 Å². The van der Waals surface area contributed by atoms with Crippen molar-refractivity contribution in [3.63, 3.8) is 0 Å². The summed E-state index contributed by atoms with van der Waals surface area (Å²) in [4.78, 5) is 42.3. The Kier molecular flexibility index (Phi) is 6.18. The van der Waals surface area contributed by atoms with Gasteiger partial charge in [0.25, 0.3) is 5.56 Å². The number of aromatic nitrogens is 3. The molecule has 0 aliphatic rings. The lowest BCUT2D eigenvalue weighted by atomic mass is 10.2. The van der Waals surface area contributed by atoms with E-state index in [2.05, 4.69) is 4.98 Å². The fraction of sp³-hybridized carbons (Fsp3) is 0.217. The zero-order valence-electron chi connectivity index (χ0n) is 17.6. The molecule has 0 radical (unpaired) electrons. The number of carbonyl (C=O) groups is 1. The van der Waals surface area contributed by atoms with E-state index in [1.807, 2.05) is 29.6 Å². The van der Waals surface area contributed by atoms with Crippen LogP contribution in [0.15, 0.2) is 63.5 Å². The van der Waals surface area contributed by atoms with Crippen LogP contribution in [-0.2, 0) is 29.2 Å². The third-order valence-corrected chi connectivity index (χ3v) is 5.93. The number of benzene rings is 2. The molecule has 0 atom stereocenters. The quantitative estimate of drug-likeness (QED) is 0.401. The number of para-hydroxylation sites is 1. The molecule has 0 bridgehead atoms. The Morgan fingerprint density at radius 3 is 2.69 bits per heavy atom. The largest absolute Gasteiger partial charge is 0.497 e. The molecule has 164 valence electrons. The molecule has 0 aliphatic carbocycles. The van der Waals surface area contributed by atoms with E-state index in [0.717, 1.165) is 20.9 Å². The highest BCUT2D eigenvalue weighted by Crippen LogP contribution is 2.27. The Bertz CT molecular complexity index is 1400. The second kappa shape index (κ2) is 9.19. The topological polar surface area (TPSA) is 92.4 Å². The first-order chi connectivity index (χ1) is 15.5. The van der Waals surface area contributed by atoms with Crippen molar-refractivity contribution in [2.24, 2.45) is 0 Å². The second-order valence-corrected chi connectivity index (χ2v) is 7.83. The van der Waals surface area contributed by atoms with E-state index in [1.165, 1.54) is 15.9 Å². The third kappa shape index (κ3) is 4.19. The number of ether oxygens (including phenoxy) is 2. The standard InChI is InChI=1S/C23H21N3O5S/c1-3-25-22(28)18-9-4-5-10-19(18)26(23(25)29)12-20(27)31-13-16-14-32-21(24-16)15-7-6-8-17(11-15)30-2/h4-11,14H,3,12-13H2,1-2H3. The number of thiazole rings is 1. The van der Waals surface area contributed by atoms with Gasteiger partial charge in [0.2, 0.25) is 0 Å². The van der Waals surface area contributed by atoms with Crippen LogP contribution < -0.4 is 16.0 Å². The zero-order valence-corrected chi connectivity index (χ0v) is 18.4. The highest BCUT2D eigenvalue weighted by atomic mass is 32.1. The first-order valence-corrected chi connectivity index (χ1v) is 10.9. The minimum absolute atomic E-state index is 0.0145. The summed E-state index contributed by atoms with van der Waals surface area (Å²) in [7, 11) is 1.60. The van der Waals surface area contributed by atoms with E-state index >= 15 is 0 Å². The van der Waals surface area contributed by atoms with Gasteiger partial charge in [0.1, 0.15) is 23.9 Å². The number of esters is 1. The van der Waals surface area contributed by atoms with Crippen molar-refractivity contribution in [2.75, 3.05) is 7.11 Å². The van der Waals surface area contributed by atoms with Gasteiger partial charge in [0, 0.05) is 17.5 Å². The van der Waals surface area contributed by atoms with Gasteiger partial charge in [-0.05, 0) is 31.2 Å². The maximum absolute atomic E-state index is 12.8. The Labute approximate surface area is 187 Å². The molecule has 0 amide bonds. The number of hydrogen-bond acceptors (Lipinski definition) is 7. The number of hydrogen-bond donors (Lipinski definition) is 0. The molecular formula is C23H21N3O5S. The summed E-state index contributed by atoms with van der Waals surface area (Å²) >= 11 is 1.44. The summed E-state index contributed by atoms with van der Waals surface area (Å²) in [6, 6.07) is 14.3. The number of nitrogens with zero attached hydrogens (tertiary/aromatic N) is 3. The lowest BCUT2D eigenvalue weighted by Gasteiger charge is -2.12. The molecular weight excluding hydrogens is 430 g/mol. The van der Waals surface area contributed by atoms with Crippen LogP contribution in [0.2, 0.25) is 0 Å². The van der Waals surface area contributed by atoms with E-state index in [1.54, 1.807) is 38.3 Å². The normalized spacial score (nSPS) is 10.9. The SMILES string of the molecule is CCn1c(=O)c2ccccc2n(CC(=O)OCc2csc(-c3cccc(OC)c3)n2)c1=O. The maximum Gasteiger partial charge on any atom is 0.332 e. The summed E-state index contributed by atoms with van der Waals surface area (Å²) in [5.41, 5.74) is 1.01. The summed E-state index contributed by atoms with van der Waals surface area (Å²) in [6.07, 6.45) is 0. The first kappa shape index (κ1) is 21.5. The van der Waals surface area contributed by atoms with Crippen LogP contribution in [0, 0.1) is 0 Å². The molecule has 0 N–H and O–H groups in total. The first-order valence-electron chi connectivity index (χ1n) is 9.98. The molecule has 8 nitrogen and oxygen atoms in total. The van der Waals surface area contributed by atoms with Gasteiger partial charge in [-0.3, -0.25) is 18.7 Å². The molecule has 32 heavy (non-hydrogen) atoms. The smallest absolute Gasteiger partial charge is 0.332 e. The van der Waals surface area contributed by atoms with Gasteiger partial charge in [0.15, 0.2) is 0 Å². The predicted octanol–water partition coefficient (Wildman–Crippen LogP) is 3.06. The van der Waals surface area contributed by atoms with Gasteiger partial charge in [-0.25, -0.2) is 9.78 Å². The number of carbonyl (C=O) groups excluding carboxylic acids is 1. The van der Waals surface area contributed by atoms with Gasteiger partial charge >= 0.3 is 11.7 Å². The van der Waals surface area contributed by atoms with Crippen LogP contribution in [0.4, 0.5) is 0 Å². The fourth-order valence-corrected chi connectivity index (χ4v) is 4.20. The molecule has 0 spiro atoms. The molecule has 0 saturated heterocycles. The van der Waals surface area contributed by atoms with Gasteiger partial charge in [0.05, 0.1) is 23.7 Å². The van der Waals surface area contributed by atoms with Gasteiger partial charge in [-0.2, -0.15) is 0 Å². The van der Waals surface area contributed by atoms with Crippen LogP contribution in [0.1, 0.15) is 12.6 Å². The molecule has 9 heteroatoms. The van der Waals surface area contributed by atoms with Crippen molar-refractivity contribution in [1.82, 2.24) is 14.1 Å². The molecule has 2 heterocycles. The molecule has 0 saturated carbocycles. The van der Waals surface area contributed by atoms with E-state index in [-0.39, 0.29) is 25.3 Å². The average molecular weight is 452 g/mol. The van der Waals surface area contributed by atoms with E-state index < -0.39 is 11.7 Å². The molecule has 2 aromatic heterocycles. The van der Waals surface area contributed by atoms with Crippen LogP contribution in [-0.4, -0.2) is 27.2 Å². The molecule has 4 aromatic rings. The van der Waals surface area contributed by atoms with Crippen LogP contribution in [0.5, 0.6) is 5.75 Å². The van der Waals surface area contributed by atoms with E-state index in [0.29, 0.717) is 16.6 Å². The Hall–Kier alpha value is -3.72. The summed E-state index contributed by atoms with van der Waals surface area (Å²) in [5.74, 6) is 0.145. The van der Waals surface area contributed by atoms with E-state index in [4.69, 9.17) is 9.47 Å². The van der Waals surface area contributed by atoms with Crippen molar-refractivity contribution in [3.8, 4) is 16.3 Å². The molecule has 0 aliphatic heterocycles. The number of rotatable bonds is 7. The second-order valence-electron chi connectivity index (χ2n) is 6.97. The van der Waals surface area contributed by atoms with Crippen molar-refractivity contribution in [2.45, 2.75) is 26.6 Å². The molecule has 2 aromatic carbocycles. The molecule has 0 unspecified atom stereocenters. The minimum Gasteiger partial charge on any atom is -0.497 e. The lowest BCUT2D eigenvalue weighted by Crippen LogP contribution is -2.40. The maximum atomic E-state index is 12.8. The Balaban J connectivity index is 1.51. The third-order valence-electron chi connectivity index (χ3n) is 4.99. The van der Waals surface area contributed by atoms with Gasteiger partial charge in [-0.15, -0.1) is 11.3 Å². The highest BCUT2D eigenvalue weighted by Gasteiger charge is 2.15. The Morgan fingerprint density at radius 2 is 1.91 bits per heavy atom. The lowest BCUT2D eigenvalue weighted by molar-refractivity contribution is -0.145. The van der Waals surface area contributed by atoms with Crippen LogP contribution in [0.3, 0.4) is 0 Å². The van der Waals surface area contributed by atoms with Crippen LogP contribution >= 0.6 is 11.3 Å². The van der Waals surface area contributed by atoms with Crippen LogP contribution in [0.25, 0.3) is 21.5 Å². The summed E-state index contributed by atoms with van der Waals surface area (Å²) in [5, 5.41) is 2.98. The monoisotopic (exact) mass is 451 g/mol. The number of fused-ring (bicyclic) bond motifs is 1. The minimum atomic E-state index is -0.588. The van der Waals surface area contributed by atoms with Gasteiger partial charge < -0.3 is 9.47 Å². The van der Waals surface area contributed by atoms with Crippen molar-refractivity contribution < 1.29 is 14.3 Å². The van der Waals surface area contributed by atoms with Crippen molar-refractivity contribution >= 4 is 28.2 Å².